The Labute approximate surface area is 214 Å². The van der Waals surface area contributed by atoms with Crippen molar-refractivity contribution >= 4 is 35.8 Å². The molecule has 1 aliphatic carbocycles. The fourth-order valence-corrected chi connectivity index (χ4v) is 5.09. The Balaban J connectivity index is 0.00000306. The van der Waals surface area contributed by atoms with E-state index in [1.807, 2.05) is 42.3 Å². The summed E-state index contributed by atoms with van der Waals surface area (Å²) in [5.74, 6) is 2.82. The van der Waals surface area contributed by atoms with Crippen molar-refractivity contribution in [2.24, 2.45) is 16.8 Å². The minimum Gasteiger partial charge on any atom is -0.469 e. The second-order valence-electron chi connectivity index (χ2n) is 9.28. The Bertz CT molecular complexity index is 887. The fourth-order valence-electron chi connectivity index (χ4n) is 5.09. The molecule has 2 fully saturated rings. The predicted molar refractivity (Wildman–Crippen MR) is 143 cm³/mol. The molecule has 0 spiro atoms. The van der Waals surface area contributed by atoms with E-state index in [4.69, 9.17) is 9.41 Å². The molecule has 1 saturated carbocycles. The van der Waals surface area contributed by atoms with Gasteiger partial charge in [0.15, 0.2) is 5.96 Å². The van der Waals surface area contributed by atoms with Crippen molar-refractivity contribution in [1.29, 1.82) is 0 Å². The third kappa shape index (κ3) is 6.74. The number of rotatable bonds is 7. The van der Waals surface area contributed by atoms with Gasteiger partial charge in [-0.2, -0.15) is 0 Å². The van der Waals surface area contributed by atoms with E-state index in [-0.39, 0.29) is 41.8 Å². The van der Waals surface area contributed by atoms with Crippen molar-refractivity contribution in [2.75, 3.05) is 20.1 Å². The number of nitrogens with zero attached hydrogens (tertiary/aromatic N) is 2. The molecule has 1 amide bonds. The Morgan fingerprint density at radius 1 is 1.15 bits per heavy atom. The molecule has 0 bridgehead atoms. The van der Waals surface area contributed by atoms with Crippen molar-refractivity contribution in [3.8, 4) is 0 Å². The second-order valence-corrected chi connectivity index (χ2v) is 9.28. The molecule has 1 saturated heterocycles. The number of benzene rings is 1. The first-order chi connectivity index (χ1) is 15.6. The predicted octanol–water partition coefficient (Wildman–Crippen LogP) is 4.77. The highest BCUT2D eigenvalue weighted by atomic mass is 127. The molecular weight excluding hydrogens is 527 g/mol. The summed E-state index contributed by atoms with van der Waals surface area (Å²) in [5, 5.41) is 7.20. The maximum Gasteiger partial charge on any atom is 0.223 e. The molecule has 7 heteroatoms. The minimum absolute atomic E-state index is 0. The number of carbonyl (C=O) groups is 1. The smallest absolute Gasteiger partial charge is 0.223 e. The van der Waals surface area contributed by atoms with Crippen molar-refractivity contribution in [3.63, 3.8) is 0 Å². The molecule has 1 aromatic heterocycles. The highest BCUT2D eigenvalue weighted by Gasteiger charge is 2.38. The van der Waals surface area contributed by atoms with Crippen LogP contribution in [0.15, 0.2) is 58.1 Å². The highest BCUT2D eigenvalue weighted by Crippen LogP contribution is 2.37. The zero-order valence-corrected chi connectivity index (χ0v) is 22.0. The van der Waals surface area contributed by atoms with Crippen LogP contribution < -0.4 is 10.6 Å². The van der Waals surface area contributed by atoms with Crippen molar-refractivity contribution in [3.05, 3.63) is 60.1 Å². The molecule has 4 atom stereocenters. The van der Waals surface area contributed by atoms with Crippen LogP contribution in [0.3, 0.4) is 0 Å². The Kier molecular flexibility index (Phi) is 9.64. The molecule has 1 aliphatic heterocycles. The number of hydrogen-bond acceptors (Lipinski definition) is 3. The summed E-state index contributed by atoms with van der Waals surface area (Å²) in [6.07, 6.45) is 8.08. The van der Waals surface area contributed by atoms with Crippen molar-refractivity contribution in [1.82, 2.24) is 15.5 Å². The normalized spacial score (nSPS) is 25.6. The van der Waals surface area contributed by atoms with Crippen molar-refractivity contribution in [2.45, 2.75) is 57.5 Å². The number of likely N-dealkylation sites (tertiary alicyclic amines) is 1. The van der Waals surface area contributed by atoms with Crippen LogP contribution in [0.1, 0.15) is 56.4 Å². The average molecular weight is 565 g/mol. The van der Waals surface area contributed by atoms with E-state index in [0.717, 1.165) is 24.7 Å². The summed E-state index contributed by atoms with van der Waals surface area (Å²) in [5.41, 5.74) is 1.18. The van der Waals surface area contributed by atoms with E-state index in [2.05, 4.69) is 29.7 Å². The molecule has 4 unspecified atom stereocenters. The second kappa shape index (κ2) is 12.4. The number of hydrogen-bond donors (Lipinski definition) is 2. The molecule has 0 radical (unpaired) electrons. The maximum atomic E-state index is 12.5. The Morgan fingerprint density at radius 3 is 2.67 bits per heavy atom. The van der Waals surface area contributed by atoms with Gasteiger partial charge in [-0.25, -0.2) is 0 Å². The summed E-state index contributed by atoms with van der Waals surface area (Å²) < 4.78 is 5.47. The number of carbonyl (C=O) groups excluding carboxylic acids is 1. The largest absolute Gasteiger partial charge is 0.469 e. The van der Waals surface area contributed by atoms with E-state index in [9.17, 15) is 4.79 Å². The van der Waals surface area contributed by atoms with Gasteiger partial charge in [-0.3, -0.25) is 9.79 Å². The van der Waals surface area contributed by atoms with Crippen LogP contribution in [0.2, 0.25) is 0 Å². The van der Waals surface area contributed by atoms with E-state index in [0.29, 0.717) is 24.9 Å². The lowest BCUT2D eigenvalue weighted by Crippen LogP contribution is -2.47. The summed E-state index contributed by atoms with van der Waals surface area (Å²) in [6, 6.07) is 14.8. The molecular formula is C26H37IN4O2. The molecule has 180 valence electrons. The molecule has 1 aromatic carbocycles. The Hall–Kier alpha value is -2.03. The van der Waals surface area contributed by atoms with Gasteiger partial charge in [-0.05, 0) is 36.5 Å². The van der Waals surface area contributed by atoms with Crippen LogP contribution in [-0.2, 0) is 11.2 Å². The van der Waals surface area contributed by atoms with Gasteiger partial charge in [0.2, 0.25) is 5.91 Å². The van der Waals surface area contributed by atoms with Gasteiger partial charge >= 0.3 is 0 Å². The lowest BCUT2D eigenvalue weighted by Gasteiger charge is -2.31. The maximum absolute atomic E-state index is 12.5. The van der Waals surface area contributed by atoms with Gasteiger partial charge in [0, 0.05) is 44.9 Å². The van der Waals surface area contributed by atoms with Crippen LogP contribution in [0.25, 0.3) is 0 Å². The van der Waals surface area contributed by atoms with Crippen LogP contribution in [-0.4, -0.2) is 42.9 Å². The van der Waals surface area contributed by atoms with Gasteiger partial charge in [0.05, 0.1) is 12.3 Å². The number of halogens is 1. The molecule has 4 rings (SSSR count). The monoisotopic (exact) mass is 564 g/mol. The van der Waals surface area contributed by atoms with E-state index in [1.165, 1.54) is 31.2 Å². The lowest BCUT2D eigenvalue weighted by molar-refractivity contribution is -0.127. The van der Waals surface area contributed by atoms with Crippen LogP contribution >= 0.6 is 24.0 Å². The molecule has 2 aliphatic rings. The molecule has 2 heterocycles. The molecule has 2 N–H and O–H groups in total. The first-order valence-electron chi connectivity index (χ1n) is 12.0. The molecule has 33 heavy (non-hydrogen) atoms. The number of guanidine groups is 1. The van der Waals surface area contributed by atoms with Gasteiger partial charge in [0.25, 0.3) is 0 Å². The van der Waals surface area contributed by atoms with Crippen LogP contribution in [0, 0.1) is 11.8 Å². The van der Waals surface area contributed by atoms with Crippen molar-refractivity contribution < 1.29 is 9.21 Å². The molecule has 6 nitrogen and oxygen atoms in total. The lowest BCUT2D eigenvalue weighted by atomic mass is 9.86. The van der Waals surface area contributed by atoms with Gasteiger partial charge in [-0.15, -0.1) is 24.0 Å². The standard InChI is InChI=1S/C26H36N4O2.HI/c1-19-9-6-7-13-23(19)29-26(27-15-14-22-12-8-16-32-22)28-18-21-17-24(31)30(2)25(21)20-10-4-3-5-11-20;/h3-5,8,10-12,16,19,21,23,25H,6-7,9,13-15,17-18H2,1-2H3,(H2,27,28,29);1H. The average Bonchev–Trinajstić information content (AvgIpc) is 3.42. The van der Waals surface area contributed by atoms with Gasteiger partial charge < -0.3 is 20.0 Å². The zero-order valence-electron chi connectivity index (χ0n) is 19.7. The first-order valence-corrected chi connectivity index (χ1v) is 12.0. The van der Waals surface area contributed by atoms with Crippen LogP contribution in [0.5, 0.6) is 0 Å². The quantitative estimate of drug-likeness (QED) is 0.289. The number of amides is 1. The number of furan rings is 1. The Morgan fingerprint density at radius 2 is 1.94 bits per heavy atom. The third-order valence-electron chi connectivity index (χ3n) is 7.00. The van der Waals surface area contributed by atoms with Gasteiger partial charge in [-0.1, -0.05) is 50.1 Å². The van der Waals surface area contributed by atoms with E-state index >= 15 is 0 Å². The molecule has 2 aromatic rings. The number of nitrogens with one attached hydrogen (secondary N) is 2. The third-order valence-corrected chi connectivity index (χ3v) is 7.00. The summed E-state index contributed by atoms with van der Waals surface area (Å²) in [6.45, 7) is 3.70. The summed E-state index contributed by atoms with van der Waals surface area (Å²) in [4.78, 5) is 19.4. The van der Waals surface area contributed by atoms with E-state index < -0.39 is 0 Å². The summed E-state index contributed by atoms with van der Waals surface area (Å²) in [7, 11) is 1.91. The minimum atomic E-state index is 0. The van der Waals surface area contributed by atoms with Gasteiger partial charge in [0.1, 0.15) is 5.76 Å². The highest BCUT2D eigenvalue weighted by molar-refractivity contribution is 14.0. The van der Waals surface area contributed by atoms with E-state index in [1.54, 1.807) is 6.26 Å². The summed E-state index contributed by atoms with van der Waals surface area (Å²) >= 11 is 0. The number of aliphatic imine (C=N–C) groups is 1. The van der Waals surface area contributed by atoms with Crippen LogP contribution in [0.4, 0.5) is 0 Å². The first kappa shape index (κ1) is 25.6. The fraction of sp³-hybridized carbons (Fsp3) is 0.538. The zero-order chi connectivity index (χ0) is 22.3. The SMILES string of the molecule is CC1CCCCC1NC(=NCC1CC(=O)N(C)C1c1ccccc1)NCCc1ccco1.I. The topological polar surface area (TPSA) is 69.9 Å².